The Hall–Kier alpha value is -1.92. The third-order valence-corrected chi connectivity index (χ3v) is 5.09. The Balaban J connectivity index is 1.62. The van der Waals surface area contributed by atoms with E-state index in [-0.39, 0.29) is 5.91 Å². The van der Waals surface area contributed by atoms with Crippen LogP contribution >= 0.6 is 23.1 Å². The lowest BCUT2D eigenvalue weighted by molar-refractivity contribution is -0.113. The summed E-state index contributed by atoms with van der Waals surface area (Å²) in [7, 11) is 0. The number of para-hydroxylation sites is 1. The maximum Gasteiger partial charge on any atom is 0.234 e. The molecule has 3 aromatic rings. The van der Waals surface area contributed by atoms with Gasteiger partial charge >= 0.3 is 0 Å². The zero-order chi connectivity index (χ0) is 14.7. The van der Waals surface area contributed by atoms with Crippen molar-refractivity contribution in [2.24, 2.45) is 0 Å². The monoisotopic (exact) mass is 315 g/mol. The molecule has 1 N–H and O–H groups in total. The van der Waals surface area contributed by atoms with Gasteiger partial charge in [0.1, 0.15) is 0 Å². The summed E-state index contributed by atoms with van der Waals surface area (Å²) < 4.78 is 2.05. The second-order valence-corrected chi connectivity index (χ2v) is 6.73. The van der Waals surface area contributed by atoms with Crippen molar-refractivity contribution in [2.45, 2.75) is 11.3 Å². The maximum absolute atomic E-state index is 12.0. The highest BCUT2D eigenvalue weighted by Gasteiger charge is 2.08. The van der Waals surface area contributed by atoms with Crippen LogP contribution in [0.5, 0.6) is 0 Å². The first-order valence-corrected chi connectivity index (χ1v) is 8.21. The summed E-state index contributed by atoms with van der Waals surface area (Å²) in [5.41, 5.74) is 2.74. The topological polar surface area (TPSA) is 54.9 Å². The van der Waals surface area contributed by atoms with E-state index in [2.05, 4.69) is 15.3 Å². The number of benzene rings is 1. The van der Waals surface area contributed by atoms with Crippen LogP contribution in [0.25, 0.3) is 10.2 Å². The molecule has 2 aromatic heterocycles. The predicted molar refractivity (Wildman–Crippen MR) is 87.9 cm³/mol. The summed E-state index contributed by atoms with van der Waals surface area (Å²) in [6, 6.07) is 9.85. The third kappa shape index (κ3) is 3.40. The summed E-state index contributed by atoms with van der Waals surface area (Å²) in [5, 5.41) is 2.87. The van der Waals surface area contributed by atoms with Crippen LogP contribution in [0, 0.1) is 6.92 Å². The molecule has 0 bridgehead atoms. The Morgan fingerprint density at radius 2 is 2.19 bits per heavy atom. The number of rotatable bonds is 4. The molecule has 6 heteroatoms. The SMILES string of the molecule is Cc1ccncc1NC(=O)CSc1nc2ccccc2s1. The average molecular weight is 315 g/mol. The first-order valence-electron chi connectivity index (χ1n) is 6.41. The molecule has 3 rings (SSSR count). The van der Waals surface area contributed by atoms with E-state index >= 15 is 0 Å². The highest BCUT2D eigenvalue weighted by atomic mass is 32.2. The molecule has 0 fully saturated rings. The first-order chi connectivity index (χ1) is 10.2. The van der Waals surface area contributed by atoms with E-state index in [1.807, 2.05) is 37.3 Å². The van der Waals surface area contributed by atoms with Crippen LogP contribution in [0.15, 0.2) is 47.1 Å². The van der Waals surface area contributed by atoms with E-state index in [1.165, 1.54) is 11.8 Å². The van der Waals surface area contributed by atoms with Gasteiger partial charge < -0.3 is 5.32 Å². The normalized spacial score (nSPS) is 10.7. The van der Waals surface area contributed by atoms with Crippen molar-refractivity contribution in [1.82, 2.24) is 9.97 Å². The fourth-order valence-corrected chi connectivity index (χ4v) is 3.69. The van der Waals surface area contributed by atoms with Crippen LogP contribution < -0.4 is 5.32 Å². The Morgan fingerprint density at radius 1 is 1.33 bits per heavy atom. The minimum Gasteiger partial charge on any atom is -0.324 e. The van der Waals surface area contributed by atoms with Crippen molar-refractivity contribution in [3.05, 3.63) is 48.3 Å². The molecule has 2 heterocycles. The van der Waals surface area contributed by atoms with Gasteiger partial charge in [-0.15, -0.1) is 11.3 Å². The zero-order valence-electron chi connectivity index (χ0n) is 11.4. The van der Waals surface area contributed by atoms with Crippen molar-refractivity contribution < 1.29 is 4.79 Å². The van der Waals surface area contributed by atoms with E-state index in [0.717, 1.165) is 25.8 Å². The smallest absolute Gasteiger partial charge is 0.234 e. The van der Waals surface area contributed by atoms with Crippen LogP contribution in [0.2, 0.25) is 0 Å². The van der Waals surface area contributed by atoms with Gasteiger partial charge in [-0.1, -0.05) is 23.9 Å². The summed E-state index contributed by atoms with van der Waals surface area (Å²) in [6.07, 6.45) is 3.37. The van der Waals surface area contributed by atoms with Crippen LogP contribution in [0.3, 0.4) is 0 Å². The van der Waals surface area contributed by atoms with E-state index in [4.69, 9.17) is 0 Å². The van der Waals surface area contributed by atoms with Crippen molar-refractivity contribution in [3.8, 4) is 0 Å². The maximum atomic E-state index is 12.0. The van der Waals surface area contributed by atoms with Crippen molar-refractivity contribution in [1.29, 1.82) is 0 Å². The van der Waals surface area contributed by atoms with E-state index < -0.39 is 0 Å². The molecule has 106 valence electrons. The number of thiazole rings is 1. The molecule has 21 heavy (non-hydrogen) atoms. The van der Waals surface area contributed by atoms with Crippen LogP contribution in [0.1, 0.15) is 5.56 Å². The number of thioether (sulfide) groups is 1. The minimum absolute atomic E-state index is 0.0460. The van der Waals surface area contributed by atoms with Crippen molar-refractivity contribution in [3.63, 3.8) is 0 Å². The fraction of sp³-hybridized carbons (Fsp3) is 0.133. The van der Waals surface area contributed by atoms with E-state index in [9.17, 15) is 4.79 Å². The van der Waals surface area contributed by atoms with E-state index in [0.29, 0.717) is 5.75 Å². The van der Waals surface area contributed by atoms with Gasteiger partial charge in [-0.05, 0) is 30.7 Å². The quantitative estimate of drug-likeness (QED) is 0.745. The number of hydrogen-bond acceptors (Lipinski definition) is 5. The Kier molecular flexibility index (Phi) is 4.17. The number of aromatic nitrogens is 2. The number of fused-ring (bicyclic) bond motifs is 1. The van der Waals surface area contributed by atoms with Gasteiger partial charge in [-0.2, -0.15) is 0 Å². The lowest BCUT2D eigenvalue weighted by Crippen LogP contribution is -2.14. The molecule has 1 amide bonds. The number of nitrogens with zero attached hydrogens (tertiary/aromatic N) is 2. The van der Waals surface area contributed by atoms with Gasteiger partial charge in [0.2, 0.25) is 5.91 Å². The second kappa shape index (κ2) is 6.24. The van der Waals surface area contributed by atoms with Crippen LogP contribution in [-0.2, 0) is 4.79 Å². The lowest BCUT2D eigenvalue weighted by Gasteiger charge is -2.06. The van der Waals surface area contributed by atoms with E-state index in [1.54, 1.807) is 23.7 Å². The van der Waals surface area contributed by atoms with Crippen molar-refractivity contribution in [2.75, 3.05) is 11.1 Å². The lowest BCUT2D eigenvalue weighted by atomic mass is 10.2. The van der Waals surface area contributed by atoms with Gasteiger partial charge in [0.15, 0.2) is 4.34 Å². The average Bonchev–Trinajstić information content (AvgIpc) is 2.90. The number of nitrogens with one attached hydrogen (secondary N) is 1. The Labute approximate surface area is 130 Å². The Morgan fingerprint density at radius 3 is 3.00 bits per heavy atom. The first kappa shape index (κ1) is 14.0. The van der Waals surface area contributed by atoms with Crippen LogP contribution in [-0.4, -0.2) is 21.6 Å². The molecule has 0 unspecified atom stereocenters. The number of aryl methyl sites for hydroxylation is 1. The van der Waals surface area contributed by atoms with Gasteiger partial charge in [-0.3, -0.25) is 9.78 Å². The summed E-state index contributed by atoms with van der Waals surface area (Å²) >= 11 is 3.06. The summed E-state index contributed by atoms with van der Waals surface area (Å²) in [6.45, 7) is 1.94. The van der Waals surface area contributed by atoms with Gasteiger partial charge in [0.05, 0.1) is 27.9 Å². The number of carbonyl (C=O) groups is 1. The number of amides is 1. The number of hydrogen-bond donors (Lipinski definition) is 1. The molecule has 1 aromatic carbocycles. The van der Waals surface area contributed by atoms with Gasteiger partial charge in [-0.25, -0.2) is 4.98 Å². The number of pyridine rings is 1. The molecule has 0 aliphatic carbocycles. The zero-order valence-corrected chi connectivity index (χ0v) is 13.0. The standard InChI is InChI=1S/C15H13N3OS2/c1-10-6-7-16-8-12(10)17-14(19)9-20-15-18-11-4-2-3-5-13(11)21-15/h2-8H,9H2,1H3,(H,17,19). The largest absolute Gasteiger partial charge is 0.324 e. The summed E-state index contributed by atoms with van der Waals surface area (Å²) in [4.78, 5) is 20.5. The molecule has 0 saturated carbocycles. The highest BCUT2D eigenvalue weighted by molar-refractivity contribution is 8.01. The fourth-order valence-electron chi connectivity index (χ4n) is 1.82. The van der Waals surface area contributed by atoms with Crippen LogP contribution in [0.4, 0.5) is 5.69 Å². The molecular formula is C15H13N3OS2. The molecule has 0 aliphatic heterocycles. The predicted octanol–water partition coefficient (Wildman–Crippen LogP) is 3.73. The third-order valence-electron chi connectivity index (χ3n) is 2.91. The Bertz CT molecular complexity index is 752. The molecule has 0 atom stereocenters. The van der Waals surface area contributed by atoms with Crippen molar-refractivity contribution >= 4 is 44.9 Å². The van der Waals surface area contributed by atoms with Gasteiger partial charge in [0, 0.05) is 6.20 Å². The summed E-state index contributed by atoms with van der Waals surface area (Å²) in [5.74, 6) is 0.295. The molecule has 0 aliphatic rings. The number of carbonyl (C=O) groups excluding carboxylic acids is 1. The number of anilines is 1. The second-order valence-electron chi connectivity index (χ2n) is 4.47. The van der Waals surface area contributed by atoms with Gasteiger partial charge in [0.25, 0.3) is 0 Å². The molecule has 0 saturated heterocycles. The minimum atomic E-state index is -0.0460. The highest BCUT2D eigenvalue weighted by Crippen LogP contribution is 2.29. The molecule has 4 nitrogen and oxygen atoms in total. The molecular weight excluding hydrogens is 302 g/mol. The molecule has 0 spiro atoms. The molecule has 0 radical (unpaired) electrons.